The van der Waals surface area contributed by atoms with E-state index < -0.39 is 0 Å². The van der Waals surface area contributed by atoms with Crippen LogP contribution in [0.1, 0.15) is 36.0 Å². The van der Waals surface area contributed by atoms with Crippen LogP contribution >= 0.6 is 24.8 Å². The van der Waals surface area contributed by atoms with E-state index in [4.69, 9.17) is 0 Å². The first-order chi connectivity index (χ1) is 11.8. The number of hydrogen-bond donors (Lipinski definition) is 1. The van der Waals surface area contributed by atoms with Crippen LogP contribution in [0.3, 0.4) is 0 Å². The van der Waals surface area contributed by atoms with Gasteiger partial charge in [0.05, 0.1) is 6.33 Å². The van der Waals surface area contributed by atoms with E-state index in [1.807, 2.05) is 39.9 Å². The molecule has 0 spiro atoms. The average Bonchev–Trinajstić information content (AvgIpc) is 3.31. The van der Waals surface area contributed by atoms with Gasteiger partial charge in [0.2, 0.25) is 0 Å². The van der Waals surface area contributed by atoms with Crippen molar-refractivity contribution in [1.82, 2.24) is 19.8 Å². The van der Waals surface area contributed by atoms with Crippen molar-refractivity contribution in [2.24, 2.45) is 5.92 Å². The summed E-state index contributed by atoms with van der Waals surface area (Å²) in [7, 11) is 0. The summed E-state index contributed by atoms with van der Waals surface area (Å²) in [6.45, 7) is 2.86. The highest BCUT2D eigenvalue weighted by Crippen LogP contribution is 2.28. The summed E-state index contributed by atoms with van der Waals surface area (Å²) >= 11 is 0. The summed E-state index contributed by atoms with van der Waals surface area (Å²) in [6.07, 6.45) is 10.3. The van der Waals surface area contributed by atoms with Gasteiger partial charge in [0.25, 0.3) is 5.91 Å². The van der Waals surface area contributed by atoms with E-state index in [0.717, 1.165) is 49.6 Å². The number of imidazole rings is 1. The Morgan fingerprint density at radius 1 is 1.08 bits per heavy atom. The molecule has 7 heteroatoms. The fraction of sp³-hybridized carbons (Fsp3) is 0.474. The molecule has 1 aromatic heterocycles. The van der Waals surface area contributed by atoms with Gasteiger partial charge < -0.3 is 14.8 Å². The predicted octanol–water partition coefficient (Wildman–Crippen LogP) is 3.32. The minimum absolute atomic E-state index is 0. The average molecular weight is 397 g/mol. The molecule has 5 nitrogen and oxygen atoms in total. The summed E-state index contributed by atoms with van der Waals surface area (Å²) in [4.78, 5) is 18.7. The molecule has 2 aromatic rings. The van der Waals surface area contributed by atoms with Crippen molar-refractivity contribution < 1.29 is 4.79 Å². The van der Waals surface area contributed by atoms with Crippen molar-refractivity contribution in [3.63, 3.8) is 0 Å². The molecule has 2 aliphatic rings. The number of nitrogens with zero attached hydrogens (tertiary/aromatic N) is 3. The number of aromatic nitrogens is 2. The van der Waals surface area contributed by atoms with Crippen LogP contribution in [-0.4, -0.2) is 46.0 Å². The van der Waals surface area contributed by atoms with Crippen LogP contribution in [0, 0.1) is 5.92 Å². The molecule has 1 aliphatic carbocycles. The van der Waals surface area contributed by atoms with Gasteiger partial charge in [-0.15, -0.1) is 24.8 Å². The molecule has 0 bridgehead atoms. The maximum atomic E-state index is 12.7. The van der Waals surface area contributed by atoms with Crippen LogP contribution in [0.25, 0.3) is 5.69 Å². The Morgan fingerprint density at radius 2 is 1.77 bits per heavy atom. The number of likely N-dealkylation sites (tertiary alicyclic amines) is 1. The maximum absolute atomic E-state index is 12.7. The van der Waals surface area contributed by atoms with E-state index in [-0.39, 0.29) is 30.7 Å². The summed E-state index contributed by atoms with van der Waals surface area (Å²) < 4.78 is 1.94. The van der Waals surface area contributed by atoms with E-state index in [9.17, 15) is 4.79 Å². The Hall–Kier alpha value is -1.56. The second kappa shape index (κ2) is 9.40. The maximum Gasteiger partial charge on any atom is 0.253 e. The van der Waals surface area contributed by atoms with Crippen LogP contribution in [0.5, 0.6) is 0 Å². The molecule has 0 unspecified atom stereocenters. The number of amides is 1. The number of rotatable bonds is 5. The zero-order valence-corrected chi connectivity index (χ0v) is 16.3. The second-order valence-corrected chi connectivity index (χ2v) is 6.93. The van der Waals surface area contributed by atoms with E-state index in [0.29, 0.717) is 6.04 Å². The SMILES string of the molecule is Cl.Cl.O=C(c1ccc(-n2ccnc2)cc1)N1CCC(NCC2CC2)CC1. The van der Waals surface area contributed by atoms with Crippen molar-refractivity contribution >= 4 is 30.7 Å². The predicted molar refractivity (Wildman–Crippen MR) is 108 cm³/mol. The van der Waals surface area contributed by atoms with Crippen LogP contribution in [0.15, 0.2) is 43.0 Å². The van der Waals surface area contributed by atoms with E-state index in [1.165, 1.54) is 12.8 Å². The Labute approximate surface area is 167 Å². The highest BCUT2D eigenvalue weighted by molar-refractivity contribution is 5.94. The Balaban J connectivity index is 0.00000121. The summed E-state index contributed by atoms with van der Waals surface area (Å²) in [6, 6.07) is 8.35. The molecule has 0 radical (unpaired) electrons. The van der Waals surface area contributed by atoms with Crippen molar-refractivity contribution in [2.75, 3.05) is 19.6 Å². The molecule has 1 saturated carbocycles. The van der Waals surface area contributed by atoms with Gasteiger partial charge in [-0.2, -0.15) is 0 Å². The summed E-state index contributed by atoms with van der Waals surface area (Å²) in [5, 5.41) is 3.66. The third-order valence-electron chi connectivity index (χ3n) is 5.09. The topological polar surface area (TPSA) is 50.2 Å². The molecular weight excluding hydrogens is 371 g/mol. The molecule has 1 aromatic carbocycles. The fourth-order valence-corrected chi connectivity index (χ4v) is 3.31. The first kappa shape index (κ1) is 20.7. The minimum Gasteiger partial charge on any atom is -0.339 e. The first-order valence-electron chi connectivity index (χ1n) is 8.90. The normalized spacial score (nSPS) is 17.3. The second-order valence-electron chi connectivity index (χ2n) is 6.93. The lowest BCUT2D eigenvalue weighted by Crippen LogP contribution is -2.45. The van der Waals surface area contributed by atoms with Gasteiger partial charge in [0, 0.05) is 42.8 Å². The molecule has 2 fully saturated rings. The number of nitrogens with one attached hydrogen (secondary N) is 1. The number of carbonyl (C=O) groups is 1. The summed E-state index contributed by atoms with van der Waals surface area (Å²) in [5.41, 5.74) is 1.79. The lowest BCUT2D eigenvalue weighted by atomic mass is 10.0. The van der Waals surface area contributed by atoms with Crippen molar-refractivity contribution in [3.05, 3.63) is 48.5 Å². The van der Waals surface area contributed by atoms with Gasteiger partial charge in [-0.25, -0.2) is 4.98 Å². The molecule has 2 heterocycles. The summed E-state index contributed by atoms with van der Waals surface area (Å²) in [5.74, 6) is 1.06. The van der Waals surface area contributed by atoms with Crippen molar-refractivity contribution in [2.45, 2.75) is 31.7 Å². The highest BCUT2D eigenvalue weighted by Gasteiger charge is 2.26. The quantitative estimate of drug-likeness (QED) is 0.842. The molecule has 142 valence electrons. The molecule has 26 heavy (non-hydrogen) atoms. The zero-order valence-electron chi connectivity index (χ0n) is 14.7. The Bertz CT molecular complexity index is 678. The minimum atomic E-state index is 0. The number of halogens is 2. The van der Waals surface area contributed by atoms with Gasteiger partial charge in [-0.05, 0) is 62.4 Å². The lowest BCUT2D eigenvalue weighted by Gasteiger charge is -2.32. The highest BCUT2D eigenvalue weighted by atomic mass is 35.5. The molecule has 0 atom stereocenters. The van der Waals surface area contributed by atoms with Crippen LogP contribution in [0.4, 0.5) is 0 Å². The number of benzene rings is 1. The third-order valence-corrected chi connectivity index (χ3v) is 5.09. The Kier molecular flexibility index (Phi) is 7.50. The van der Waals surface area contributed by atoms with Gasteiger partial charge in [-0.1, -0.05) is 0 Å². The zero-order chi connectivity index (χ0) is 16.4. The van der Waals surface area contributed by atoms with Gasteiger partial charge in [-0.3, -0.25) is 4.79 Å². The van der Waals surface area contributed by atoms with Crippen LogP contribution in [-0.2, 0) is 0 Å². The van der Waals surface area contributed by atoms with Gasteiger partial charge in [0.15, 0.2) is 0 Å². The van der Waals surface area contributed by atoms with E-state index >= 15 is 0 Å². The Morgan fingerprint density at radius 3 is 2.35 bits per heavy atom. The molecule has 1 amide bonds. The number of piperidine rings is 1. The van der Waals surface area contributed by atoms with Crippen LogP contribution in [0.2, 0.25) is 0 Å². The van der Waals surface area contributed by atoms with Crippen LogP contribution < -0.4 is 5.32 Å². The smallest absolute Gasteiger partial charge is 0.253 e. The van der Waals surface area contributed by atoms with Crippen molar-refractivity contribution in [3.8, 4) is 5.69 Å². The first-order valence-corrected chi connectivity index (χ1v) is 8.90. The standard InChI is InChI=1S/C19H24N4O.2ClH/c24-19(16-3-5-18(6-4-16)23-12-9-20-14-23)22-10-7-17(8-11-22)21-13-15-1-2-15;;/h3-6,9,12,14-15,17,21H,1-2,7-8,10-11,13H2;2*1H. The largest absolute Gasteiger partial charge is 0.339 e. The van der Waals surface area contributed by atoms with E-state index in [2.05, 4.69) is 10.3 Å². The third kappa shape index (κ3) is 5.00. The molecule has 1 N–H and O–H groups in total. The van der Waals surface area contributed by atoms with Gasteiger partial charge >= 0.3 is 0 Å². The molecule has 1 saturated heterocycles. The van der Waals surface area contributed by atoms with Crippen molar-refractivity contribution in [1.29, 1.82) is 0 Å². The fourth-order valence-electron chi connectivity index (χ4n) is 3.31. The molecule has 1 aliphatic heterocycles. The molecule has 4 rings (SSSR count). The lowest BCUT2D eigenvalue weighted by molar-refractivity contribution is 0.0705. The van der Waals surface area contributed by atoms with E-state index in [1.54, 1.807) is 12.5 Å². The monoisotopic (exact) mass is 396 g/mol. The number of carbonyl (C=O) groups excluding carboxylic acids is 1. The number of hydrogen-bond acceptors (Lipinski definition) is 3. The molecular formula is C19H26Cl2N4O. The van der Waals surface area contributed by atoms with Gasteiger partial charge in [0.1, 0.15) is 0 Å².